The molecule has 7 nitrogen and oxygen atoms in total. The number of amidine groups is 1. The number of alkyl halides is 3. The molecule has 0 saturated heterocycles. The Labute approximate surface area is 220 Å². The number of aliphatic imine (C=N–C) groups is 1. The smallest absolute Gasteiger partial charge is 0.416 e. The number of halogens is 3. The van der Waals surface area contributed by atoms with E-state index in [1.165, 1.54) is 12.5 Å². The number of carboxylic acids is 1. The van der Waals surface area contributed by atoms with Gasteiger partial charge in [-0.05, 0) is 49.6 Å². The molecule has 10 heteroatoms. The van der Waals surface area contributed by atoms with Crippen LogP contribution in [0.4, 0.5) is 13.2 Å². The average Bonchev–Trinajstić information content (AvgIpc) is 2.87. The third-order valence-electron chi connectivity index (χ3n) is 5.98. The van der Waals surface area contributed by atoms with Crippen molar-refractivity contribution < 1.29 is 23.1 Å². The zero-order chi connectivity index (χ0) is 27.9. The van der Waals surface area contributed by atoms with Crippen LogP contribution in [0.5, 0.6) is 0 Å². The van der Waals surface area contributed by atoms with Gasteiger partial charge in [-0.2, -0.15) is 13.2 Å². The Morgan fingerprint density at radius 2 is 1.92 bits per heavy atom. The second-order valence-corrected chi connectivity index (χ2v) is 8.77. The number of carboxylic acid groups (broad SMARTS) is 1. The Kier molecular flexibility index (Phi) is 9.22. The number of dihydropyridines is 1. The van der Waals surface area contributed by atoms with Gasteiger partial charge < -0.3 is 26.4 Å². The molecule has 2 aliphatic rings. The van der Waals surface area contributed by atoms with Gasteiger partial charge in [0.1, 0.15) is 11.7 Å². The average molecular weight is 528 g/mol. The highest BCUT2D eigenvalue weighted by molar-refractivity contribution is 6.01. The fourth-order valence-corrected chi connectivity index (χ4v) is 3.97. The number of nitrogens with one attached hydrogen (secondary N) is 4. The topological polar surface area (TPSA) is 97.8 Å². The molecule has 0 aliphatic carbocycles. The largest absolute Gasteiger partial charge is 0.479 e. The van der Waals surface area contributed by atoms with Crippen molar-refractivity contribution in [1.29, 1.82) is 0 Å². The van der Waals surface area contributed by atoms with Crippen molar-refractivity contribution in [3.05, 3.63) is 106 Å². The summed E-state index contributed by atoms with van der Waals surface area (Å²) in [7, 11) is 0. The Bertz CT molecular complexity index is 1270. The summed E-state index contributed by atoms with van der Waals surface area (Å²) in [6, 6.07) is 6.90. The Morgan fingerprint density at radius 1 is 1.21 bits per heavy atom. The molecule has 38 heavy (non-hydrogen) atoms. The van der Waals surface area contributed by atoms with E-state index in [-0.39, 0.29) is 18.0 Å². The summed E-state index contributed by atoms with van der Waals surface area (Å²) >= 11 is 0. The number of hydrogen-bond donors (Lipinski definition) is 5. The molecule has 0 saturated carbocycles. The highest BCUT2D eigenvalue weighted by Gasteiger charge is 2.32. The van der Waals surface area contributed by atoms with E-state index in [2.05, 4.69) is 39.8 Å². The molecule has 202 valence electrons. The lowest BCUT2D eigenvalue weighted by Gasteiger charge is -2.26. The molecule has 0 radical (unpaired) electrons. The second-order valence-electron chi connectivity index (χ2n) is 8.77. The summed E-state index contributed by atoms with van der Waals surface area (Å²) in [5.74, 6) is -0.507. The molecule has 1 atom stereocenters. The first-order valence-electron chi connectivity index (χ1n) is 12.1. The van der Waals surface area contributed by atoms with Crippen molar-refractivity contribution in [2.45, 2.75) is 46.0 Å². The molecular formula is C28H32F3N5O2. The summed E-state index contributed by atoms with van der Waals surface area (Å²) in [6.45, 7) is 9.37. The van der Waals surface area contributed by atoms with E-state index in [1.807, 2.05) is 24.3 Å². The number of rotatable bonds is 10. The molecule has 1 aromatic carbocycles. The molecule has 5 N–H and O–H groups in total. The number of hydrogen-bond acceptors (Lipinski definition) is 6. The lowest BCUT2D eigenvalue weighted by Crippen LogP contribution is -2.44. The highest BCUT2D eigenvalue weighted by Crippen LogP contribution is 2.28. The molecule has 0 amide bonds. The van der Waals surface area contributed by atoms with Gasteiger partial charge in [0.2, 0.25) is 0 Å². The van der Waals surface area contributed by atoms with E-state index in [1.54, 1.807) is 25.2 Å². The number of nitrogens with zero attached hydrogens (tertiary/aromatic N) is 1. The van der Waals surface area contributed by atoms with E-state index in [0.29, 0.717) is 29.5 Å². The summed E-state index contributed by atoms with van der Waals surface area (Å²) in [6.07, 6.45) is 3.20. The lowest BCUT2D eigenvalue weighted by atomic mass is 10.1. The predicted molar refractivity (Wildman–Crippen MR) is 143 cm³/mol. The number of allylic oxidation sites excluding steroid dienone is 7. The summed E-state index contributed by atoms with van der Waals surface area (Å²) < 4.78 is 40.9. The van der Waals surface area contributed by atoms with Crippen molar-refractivity contribution in [1.82, 2.24) is 21.3 Å². The van der Waals surface area contributed by atoms with E-state index < -0.39 is 23.8 Å². The first kappa shape index (κ1) is 28.4. The molecule has 1 unspecified atom stereocenters. The normalized spacial score (nSPS) is 18.4. The maximum atomic E-state index is 13.6. The molecule has 0 fully saturated rings. The third kappa shape index (κ3) is 7.41. The zero-order valence-corrected chi connectivity index (χ0v) is 21.5. The SMILES string of the molecule is C=C1C=C(NCc2ccccc2CC)N=C(/C(=C\C(=C/C)C(F)(F)F)CNC2=CC=C(C)NC2C(=O)O)N1. The Balaban J connectivity index is 1.91. The van der Waals surface area contributed by atoms with Crippen molar-refractivity contribution in [3.63, 3.8) is 0 Å². The zero-order valence-electron chi connectivity index (χ0n) is 21.5. The number of benzene rings is 1. The molecular weight excluding hydrogens is 495 g/mol. The minimum absolute atomic E-state index is 0.122. The van der Waals surface area contributed by atoms with Crippen LogP contribution in [0, 0.1) is 0 Å². The molecule has 0 spiro atoms. The van der Waals surface area contributed by atoms with Crippen LogP contribution in [0.3, 0.4) is 0 Å². The van der Waals surface area contributed by atoms with Crippen LogP contribution < -0.4 is 21.3 Å². The van der Waals surface area contributed by atoms with Crippen molar-refractivity contribution >= 4 is 11.8 Å². The quantitative estimate of drug-likeness (QED) is 0.286. The van der Waals surface area contributed by atoms with Crippen LogP contribution in [0.25, 0.3) is 0 Å². The van der Waals surface area contributed by atoms with Gasteiger partial charge in [0, 0.05) is 41.8 Å². The monoisotopic (exact) mass is 527 g/mol. The minimum atomic E-state index is -4.58. The van der Waals surface area contributed by atoms with Gasteiger partial charge in [-0.15, -0.1) is 0 Å². The van der Waals surface area contributed by atoms with Gasteiger partial charge in [0.25, 0.3) is 0 Å². The van der Waals surface area contributed by atoms with E-state index in [0.717, 1.165) is 24.1 Å². The second kappa shape index (κ2) is 12.4. The molecule has 0 aromatic heterocycles. The fourth-order valence-electron chi connectivity index (χ4n) is 3.97. The van der Waals surface area contributed by atoms with Crippen LogP contribution in [0.15, 0.2) is 100 Å². The third-order valence-corrected chi connectivity index (χ3v) is 5.98. The lowest BCUT2D eigenvalue weighted by molar-refractivity contribution is -0.138. The Morgan fingerprint density at radius 3 is 2.55 bits per heavy atom. The highest BCUT2D eigenvalue weighted by atomic mass is 19.4. The van der Waals surface area contributed by atoms with Gasteiger partial charge in [-0.25, -0.2) is 9.79 Å². The van der Waals surface area contributed by atoms with E-state index >= 15 is 0 Å². The maximum absolute atomic E-state index is 13.6. The number of aliphatic carboxylic acids is 1. The van der Waals surface area contributed by atoms with Crippen LogP contribution in [0.1, 0.15) is 31.9 Å². The van der Waals surface area contributed by atoms with Crippen molar-refractivity contribution in [2.75, 3.05) is 6.54 Å². The van der Waals surface area contributed by atoms with Gasteiger partial charge in [0.05, 0.1) is 5.57 Å². The molecule has 1 aromatic rings. The first-order valence-corrected chi connectivity index (χ1v) is 12.1. The molecule has 2 heterocycles. The maximum Gasteiger partial charge on any atom is 0.416 e. The molecule has 2 aliphatic heterocycles. The van der Waals surface area contributed by atoms with Gasteiger partial charge in [-0.3, -0.25) is 0 Å². The van der Waals surface area contributed by atoms with E-state index in [9.17, 15) is 23.1 Å². The minimum Gasteiger partial charge on any atom is -0.479 e. The van der Waals surface area contributed by atoms with Crippen molar-refractivity contribution in [2.24, 2.45) is 4.99 Å². The van der Waals surface area contributed by atoms with Crippen LogP contribution >= 0.6 is 0 Å². The van der Waals surface area contributed by atoms with Crippen LogP contribution in [-0.4, -0.2) is 35.7 Å². The molecule has 3 rings (SSSR count). The van der Waals surface area contributed by atoms with Gasteiger partial charge in [-0.1, -0.05) is 43.8 Å². The standard InChI is InChI=1S/C28H32F3N5O2/c1-5-19-9-7-8-10-20(19)15-33-24-13-18(4)35-26(36-24)21(14-22(6-2)28(29,30)31)16-32-23-12-11-17(3)34-25(23)27(37)38/h6-14,25,32-34H,4-5,15-16H2,1-3H3,(H,35,36)(H,37,38)/b21-14-,22-6+. The van der Waals surface area contributed by atoms with Gasteiger partial charge in [0.15, 0.2) is 6.04 Å². The summed E-state index contributed by atoms with van der Waals surface area (Å²) in [4.78, 5) is 16.3. The summed E-state index contributed by atoms with van der Waals surface area (Å²) in [5.41, 5.74) is 3.00. The van der Waals surface area contributed by atoms with Crippen LogP contribution in [0.2, 0.25) is 0 Å². The fraction of sp³-hybridized carbons (Fsp3) is 0.286. The van der Waals surface area contributed by atoms with Gasteiger partial charge >= 0.3 is 12.1 Å². The predicted octanol–water partition coefficient (Wildman–Crippen LogP) is 4.56. The van der Waals surface area contributed by atoms with E-state index in [4.69, 9.17) is 0 Å². The number of carbonyl (C=O) groups is 1. The molecule has 0 bridgehead atoms. The summed E-state index contributed by atoms with van der Waals surface area (Å²) in [5, 5.41) is 21.6. The number of aryl methyl sites for hydroxylation is 1. The first-order chi connectivity index (χ1) is 18.0. The van der Waals surface area contributed by atoms with Crippen molar-refractivity contribution in [3.8, 4) is 0 Å². The van der Waals surface area contributed by atoms with Crippen LogP contribution in [-0.2, 0) is 17.8 Å². The Hall–Kier alpha value is -4.21.